The Balaban J connectivity index is 1.88. The molecule has 0 aromatic rings. The molecule has 2 aliphatic heterocycles. The summed E-state index contributed by atoms with van der Waals surface area (Å²) in [6.07, 6.45) is 4.50. The number of piperidine rings is 1. The van der Waals surface area contributed by atoms with Crippen molar-refractivity contribution in [3.05, 3.63) is 11.1 Å². The Bertz CT molecular complexity index is 290. The van der Waals surface area contributed by atoms with Gasteiger partial charge in [0.05, 0.1) is 0 Å². The lowest BCUT2D eigenvalue weighted by Gasteiger charge is -2.39. The van der Waals surface area contributed by atoms with Crippen molar-refractivity contribution in [2.45, 2.75) is 39.2 Å². The molecule has 0 saturated carbocycles. The van der Waals surface area contributed by atoms with Gasteiger partial charge in [-0.05, 0) is 33.1 Å². The number of carbonyl (C=O) groups is 1. The first-order valence-electron chi connectivity index (χ1n) is 6.29. The Morgan fingerprint density at radius 3 is 2.38 bits per heavy atom. The Labute approximate surface area is 98.1 Å². The first-order chi connectivity index (χ1) is 7.70. The van der Waals surface area contributed by atoms with Crippen LogP contribution >= 0.6 is 0 Å². The van der Waals surface area contributed by atoms with Gasteiger partial charge in [-0.3, -0.25) is 9.69 Å². The smallest absolute Gasteiger partial charge is 0.209 e. The Hall–Kier alpha value is -0.830. The molecule has 2 rings (SSSR count). The predicted molar refractivity (Wildman–Crippen MR) is 65.2 cm³/mol. The van der Waals surface area contributed by atoms with Gasteiger partial charge in [-0.15, -0.1) is 0 Å². The molecule has 0 aliphatic carbocycles. The van der Waals surface area contributed by atoms with Crippen molar-refractivity contribution in [2.24, 2.45) is 0 Å². The van der Waals surface area contributed by atoms with Crippen LogP contribution in [0.15, 0.2) is 11.1 Å². The lowest BCUT2D eigenvalue weighted by Crippen LogP contribution is -2.46. The fourth-order valence-electron chi connectivity index (χ4n) is 2.71. The summed E-state index contributed by atoms with van der Waals surface area (Å²) in [4.78, 5) is 15.1. The fourth-order valence-corrected chi connectivity index (χ4v) is 2.71. The number of hydrogen-bond acceptors (Lipinski definition) is 2. The molecule has 3 nitrogen and oxygen atoms in total. The molecule has 0 aromatic carbocycles. The lowest BCUT2D eigenvalue weighted by molar-refractivity contribution is -0.119. The zero-order valence-corrected chi connectivity index (χ0v) is 10.4. The molecule has 0 N–H and O–H groups in total. The second kappa shape index (κ2) is 5.00. The van der Waals surface area contributed by atoms with Gasteiger partial charge >= 0.3 is 0 Å². The van der Waals surface area contributed by atoms with Crippen LogP contribution in [0.5, 0.6) is 0 Å². The van der Waals surface area contributed by atoms with E-state index in [4.69, 9.17) is 0 Å². The first-order valence-corrected chi connectivity index (χ1v) is 6.29. The highest BCUT2D eigenvalue weighted by atomic mass is 16.1. The van der Waals surface area contributed by atoms with Crippen molar-refractivity contribution in [1.82, 2.24) is 9.80 Å². The Morgan fingerprint density at radius 2 is 1.81 bits per heavy atom. The van der Waals surface area contributed by atoms with Crippen LogP contribution in [0.1, 0.15) is 33.1 Å². The maximum atomic E-state index is 10.6. The normalized spacial score (nSPS) is 25.0. The van der Waals surface area contributed by atoms with Crippen molar-refractivity contribution in [2.75, 3.05) is 26.2 Å². The van der Waals surface area contributed by atoms with Crippen molar-refractivity contribution < 1.29 is 4.79 Å². The van der Waals surface area contributed by atoms with E-state index >= 15 is 0 Å². The predicted octanol–water partition coefficient (Wildman–Crippen LogP) is 1.65. The molecule has 2 heterocycles. The van der Waals surface area contributed by atoms with E-state index in [9.17, 15) is 4.79 Å². The Morgan fingerprint density at radius 1 is 1.12 bits per heavy atom. The summed E-state index contributed by atoms with van der Waals surface area (Å²) in [5.41, 5.74) is 3.12. The third kappa shape index (κ3) is 2.46. The minimum absolute atomic E-state index is 0.694. The van der Waals surface area contributed by atoms with Crippen LogP contribution in [0.2, 0.25) is 0 Å². The third-order valence-corrected chi connectivity index (χ3v) is 4.11. The third-order valence-electron chi connectivity index (χ3n) is 4.11. The minimum atomic E-state index is 0.694. The number of nitrogens with zero attached hydrogens (tertiary/aromatic N) is 2. The van der Waals surface area contributed by atoms with Crippen molar-refractivity contribution in [1.29, 1.82) is 0 Å². The van der Waals surface area contributed by atoms with Crippen LogP contribution in [0.4, 0.5) is 0 Å². The highest BCUT2D eigenvalue weighted by molar-refractivity contribution is 5.47. The quantitative estimate of drug-likeness (QED) is 0.524. The highest BCUT2D eigenvalue weighted by Gasteiger charge is 2.25. The lowest BCUT2D eigenvalue weighted by atomic mass is 9.97. The molecule has 0 aromatic heterocycles. The molecular formula is C13H22N2O. The highest BCUT2D eigenvalue weighted by Crippen LogP contribution is 2.23. The standard InChI is InChI=1S/C13H22N2O/c1-11-3-8-15(9-12(11)2)13-4-6-14(10-16)7-5-13/h10,13H,3-9H2,1-2H3. The molecule has 0 bridgehead atoms. The number of amides is 1. The van der Waals surface area contributed by atoms with Gasteiger partial charge in [-0.2, -0.15) is 0 Å². The molecule has 1 fully saturated rings. The van der Waals surface area contributed by atoms with Gasteiger partial charge in [0.25, 0.3) is 0 Å². The van der Waals surface area contributed by atoms with Gasteiger partial charge in [-0.25, -0.2) is 0 Å². The van der Waals surface area contributed by atoms with Gasteiger partial charge in [0.15, 0.2) is 0 Å². The zero-order valence-electron chi connectivity index (χ0n) is 10.4. The van der Waals surface area contributed by atoms with Crippen LogP contribution in [-0.4, -0.2) is 48.4 Å². The SMILES string of the molecule is CC1=C(C)CN(C2CCN(C=O)CC2)CC1. The number of likely N-dealkylation sites (tertiary alicyclic amines) is 1. The summed E-state index contributed by atoms with van der Waals surface area (Å²) in [6.45, 7) is 8.72. The summed E-state index contributed by atoms with van der Waals surface area (Å²) >= 11 is 0. The fraction of sp³-hybridized carbons (Fsp3) is 0.769. The average molecular weight is 222 g/mol. The largest absolute Gasteiger partial charge is 0.345 e. The Kier molecular flexibility index (Phi) is 3.64. The van der Waals surface area contributed by atoms with E-state index in [0.29, 0.717) is 6.04 Å². The van der Waals surface area contributed by atoms with Crippen molar-refractivity contribution in [3.63, 3.8) is 0 Å². The van der Waals surface area contributed by atoms with E-state index in [1.54, 1.807) is 11.1 Å². The van der Waals surface area contributed by atoms with E-state index in [0.717, 1.165) is 38.9 Å². The number of carbonyl (C=O) groups excluding carboxylic acids is 1. The maximum absolute atomic E-state index is 10.6. The van der Waals surface area contributed by atoms with Gasteiger partial charge in [0.2, 0.25) is 6.41 Å². The number of rotatable bonds is 2. The van der Waals surface area contributed by atoms with Crippen LogP contribution in [0, 0.1) is 0 Å². The second-order valence-electron chi connectivity index (χ2n) is 5.15. The molecule has 0 atom stereocenters. The van der Waals surface area contributed by atoms with Crippen LogP contribution in [-0.2, 0) is 4.79 Å². The van der Waals surface area contributed by atoms with Crippen LogP contribution in [0.3, 0.4) is 0 Å². The number of hydrogen-bond donors (Lipinski definition) is 0. The van der Waals surface area contributed by atoms with E-state index in [1.165, 1.54) is 13.0 Å². The summed E-state index contributed by atoms with van der Waals surface area (Å²) in [7, 11) is 0. The molecule has 1 amide bonds. The van der Waals surface area contributed by atoms with E-state index in [1.807, 2.05) is 4.90 Å². The molecule has 1 saturated heterocycles. The van der Waals surface area contributed by atoms with E-state index < -0.39 is 0 Å². The molecular weight excluding hydrogens is 200 g/mol. The summed E-state index contributed by atoms with van der Waals surface area (Å²) in [6, 6.07) is 0.694. The van der Waals surface area contributed by atoms with Gasteiger partial charge in [0.1, 0.15) is 0 Å². The summed E-state index contributed by atoms with van der Waals surface area (Å²) in [5.74, 6) is 0. The topological polar surface area (TPSA) is 23.6 Å². The minimum Gasteiger partial charge on any atom is -0.345 e. The van der Waals surface area contributed by atoms with E-state index in [-0.39, 0.29) is 0 Å². The summed E-state index contributed by atoms with van der Waals surface area (Å²) < 4.78 is 0. The van der Waals surface area contributed by atoms with Gasteiger partial charge in [0, 0.05) is 32.2 Å². The average Bonchev–Trinajstić information content (AvgIpc) is 2.33. The van der Waals surface area contributed by atoms with E-state index in [2.05, 4.69) is 18.7 Å². The maximum Gasteiger partial charge on any atom is 0.209 e. The zero-order chi connectivity index (χ0) is 11.5. The molecule has 2 aliphatic rings. The van der Waals surface area contributed by atoms with Gasteiger partial charge in [-0.1, -0.05) is 11.1 Å². The van der Waals surface area contributed by atoms with Crippen LogP contribution < -0.4 is 0 Å². The summed E-state index contributed by atoms with van der Waals surface area (Å²) in [5, 5.41) is 0. The molecule has 0 radical (unpaired) electrons. The monoisotopic (exact) mass is 222 g/mol. The molecule has 0 spiro atoms. The van der Waals surface area contributed by atoms with Crippen molar-refractivity contribution >= 4 is 6.41 Å². The van der Waals surface area contributed by atoms with Crippen molar-refractivity contribution in [3.8, 4) is 0 Å². The molecule has 90 valence electrons. The molecule has 16 heavy (non-hydrogen) atoms. The molecule has 3 heteroatoms. The molecule has 0 unspecified atom stereocenters. The van der Waals surface area contributed by atoms with Gasteiger partial charge < -0.3 is 4.90 Å². The second-order valence-corrected chi connectivity index (χ2v) is 5.15. The van der Waals surface area contributed by atoms with Crippen LogP contribution in [0.25, 0.3) is 0 Å². The first kappa shape index (κ1) is 11.6.